The number of carbonyl (C=O) groups excluding carboxylic acids is 2. The predicted octanol–water partition coefficient (Wildman–Crippen LogP) is 2.29. The Balaban J connectivity index is 1.48. The molecule has 1 saturated carbocycles. The van der Waals surface area contributed by atoms with Crippen LogP contribution in [0.4, 0.5) is 4.39 Å². The smallest absolute Gasteiger partial charge is 0.228 e. The molecule has 1 aromatic carbocycles. The van der Waals surface area contributed by atoms with Crippen LogP contribution in [0.5, 0.6) is 0 Å². The van der Waals surface area contributed by atoms with E-state index in [1.54, 1.807) is 18.0 Å². The first-order valence-electron chi connectivity index (χ1n) is 10.0. The summed E-state index contributed by atoms with van der Waals surface area (Å²) in [5.74, 6) is 0.0740. The Bertz CT molecular complexity index is 721. The third kappa shape index (κ3) is 4.00. The molecule has 27 heavy (non-hydrogen) atoms. The maximum atomic E-state index is 13.7. The van der Waals surface area contributed by atoms with Gasteiger partial charge >= 0.3 is 0 Å². The molecule has 6 heteroatoms. The Hall–Kier alpha value is -1.95. The molecular weight excluding hydrogens is 345 g/mol. The molecule has 146 valence electrons. The number of hydrogen-bond acceptors (Lipinski definition) is 3. The molecule has 1 aliphatic carbocycles. The lowest BCUT2D eigenvalue weighted by Crippen LogP contribution is -2.40. The SMILES string of the molecule is CN1C(=O)CC(C(=O)N2CCCN(CC3CC3)CC2)C1c1cccc(F)c1. The van der Waals surface area contributed by atoms with E-state index in [1.165, 1.54) is 25.0 Å². The molecule has 0 aromatic heterocycles. The van der Waals surface area contributed by atoms with Crippen LogP contribution in [0.2, 0.25) is 0 Å². The van der Waals surface area contributed by atoms with Crippen molar-refractivity contribution in [1.29, 1.82) is 0 Å². The van der Waals surface area contributed by atoms with Gasteiger partial charge in [0.15, 0.2) is 0 Å². The van der Waals surface area contributed by atoms with E-state index in [4.69, 9.17) is 0 Å². The Morgan fingerprint density at radius 2 is 2.00 bits per heavy atom. The standard InChI is InChI=1S/C21H28FN3O2/c1-23-19(26)13-18(20(23)16-4-2-5-17(22)12-16)21(27)25-9-3-8-24(10-11-25)14-15-6-7-15/h2,4-5,12,15,18,20H,3,6-11,13-14H2,1H3. The van der Waals surface area contributed by atoms with Gasteiger partial charge in [-0.25, -0.2) is 4.39 Å². The van der Waals surface area contributed by atoms with Crippen LogP contribution in [0.3, 0.4) is 0 Å². The van der Waals surface area contributed by atoms with Crippen LogP contribution in [-0.4, -0.2) is 66.3 Å². The van der Waals surface area contributed by atoms with Crippen molar-refractivity contribution >= 4 is 11.8 Å². The number of rotatable bonds is 4. The molecule has 2 aliphatic heterocycles. The van der Waals surface area contributed by atoms with E-state index in [0.717, 1.165) is 45.1 Å². The van der Waals surface area contributed by atoms with Gasteiger partial charge in [0.25, 0.3) is 0 Å². The molecule has 0 bridgehead atoms. The van der Waals surface area contributed by atoms with Crippen molar-refractivity contribution in [3.63, 3.8) is 0 Å². The maximum Gasteiger partial charge on any atom is 0.228 e. The molecule has 2 amide bonds. The fourth-order valence-corrected chi connectivity index (χ4v) is 4.51. The molecule has 2 heterocycles. The molecule has 0 spiro atoms. The normalized spacial score (nSPS) is 27.1. The second-order valence-corrected chi connectivity index (χ2v) is 8.24. The highest BCUT2D eigenvalue weighted by molar-refractivity contribution is 5.90. The topological polar surface area (TPSA) is 43.9 Å². The molecular formula is C21H28FN3O2. The lowest BCUT2D eigenvalue weighted by molar-refractivity contribution is -0.136. The quantitative estimate of drug-likeness (QED) is 0.813. The van der Waals surface area contributed by atoms with Crippen molar-refractivity contribution in [3.05, 3.63) is 35.6 Å². The Labute approximate surface area is 160 Å². The summed E-state index contributed by atoms with van der Waals surface area (Å²) in [7, 11) is 1.71. The minimum atomic E-state index is -0.431. The van der Waals surface area contributed by atoms with E-state index in [2.05, 4.69) is 4.90 Å². The highest BCUT2D eigenvalue weighted by Crippen LogP contribution is 2.38. The average molecular weight is 373 g/mol. The van der Waals surface area contributed by atoms with Crippen molar-refractivity contribution in [2.45, 2.75) is 31.7 Å². The summed E-state index contributed by atoms with van der Waals surface area (Å²) in [5.41, 5.74) is 0.701. The van der Waals surface area contributed by atoms with Gasteiger partial charge in [-0.3, -0.25) is 9.59 Å². The summed E-state index contributed by atoms with van der Waals surface area (Å²) < 4.78 is 13.7. The number of carbonyl (C=O) groups is 2. The monoisotopic (exact) mass is 373 g/mol. The van der Waals surface area contributed by atoms with E-state index in [9.17, 15) is 14.0 Å². The number of hydrogen-bond donors (Lipinski definition) is 0. The van der Waals surface area contributed by atoms with E-state index in [1.807, 2.05) is 11.0 Å². The Kier molecular flexibility index (Phi) is 5.17. The molecule has 3 aliphatic rings. The third-order valence-corrected chi connectivity index (χ3v) is 6.21. The van der Waals surface area contributed by atoms with Crippen molar-refractivity contribution in [2.24, 2.45) is 11.8 Å². The van der Waals surface area contributed by atoms with E-state index in [0.29, 0.717) is 5.56 Å². The van der Waals surface area contributed by atoms with Gasteiger partial charge < -0.3 is 14.7 Å². The summed E-state index contributed by atoms with van der Waals surface area (Å²) in [6.45, 7) is 4.55. The molecule has 1 aromatic rings. The second-order valence-electron chi connectivity index (χ2n) is 8.24. The zero-order chi connectivity index (χ0) is 19.0. The number of benzene rings is 1. The van der Waals surface area contributed by atoms with Crippen molar-refractivity contribution < 1.29 is 14.0 Å². The van der Waals surface area contributed by atoms with Crippen molar-refractivity contribution in [1.82, 2.24) is 14.7 Å². The van der Waals surface area contributed by atoms with Crippen molar-refractivity contribution in [2.75, 3.05) is 39.8 Å². The summed E-state index contributed by atoms with van der Waals surface area (Å²) in [4.78, 5) is 31.6. The van der Waals surface area contributed by atoms with Gasteiger partial charge in [-0.1, -0.05) is 12.1 Å². The largest absolute Gasteiger partial charge is 0.341 e. The van der Waals surface area contributed by atoms with Gasteiger partial charge in [0.1, 0.15) is 5.82 Å². The van der Waals surface area contributed by atoms with Crippen LogP contribution in [0.15, 0.2) is 24.3 Å². The van der Waals surface area contributed by atoms with Crippen LogP contribution in [-0.2, 0) is 9.59 Å². The molecule has 5 nitrogen and oxygen atoms in total. The predicted molar refractivity (Wildman–Crippen MR) is 100 cm³/mol. The van der Waals surface area contributed by atoms with Gasteiger partial charge in [-0.2, -0.15) is 0 Å². The molecule has 2 saturated heterocycles. The first-order valence-corrected chi connectivity index (χ1v) is 10.0. The summed E-state index contributed by atoms with van der Waals surface area (Å²) in [6, 6.07) is 5.90. The number of likely N-dealkylation sites (tertiary alicyclic amines) is 1. The summed E-state index contributed by atoms with van der Waals surface area (Å²) >= 11 is 0. The van der Waals surface area contributed by atoms with Crippen LogP contribution >= 0.6 is 0 Å². The van der Waals surface area contributed by atoms with Gasteiger partial charge in [0.2, 0.25) is 11.8 Å². The van der Waals surface area contributed by atoms with Gasteiger partial charge in [-0.15, -0.1) is 0 Å². The van der Waals surface area contributed by atoms with Crippen LogP contribution in [0.25, 0.3) is 0 Å². The van der Waals surface area contributed by atoms with E-state index >= 15 is 0 Å². The van der Waals surface area contributed by atoms with E-state index in [-0.39, 0.29) is 30.1 Å². The molecule has 4 rings (SSSR count). The van der Waals surface area contributed by atoms with Gasteiger partial charge in [0.05, 0.1) is 12.0 Å². The first kappa shape index (κ1) is 18.4. The molecule has 2 atom stereocenters. The van der Waals surface area contributed by atoms with Crippen LogP contribution < -0.4 is 0 Å². The minimum Gasteiger partial charge on any atom is -0.341 e. The first-order chi connectivity index (χ1) is 13.0. The average Bonchev–Trinajstić information content (AvgIpc) is 3.44. The maximum absolute atomic E-state index is 13.7. The van der Waals surface area contributed by atoms with Gasteiger partial charge in [0, 0.05) is 39.6 Å². The molecule has 0 N–H and O–H groups in total. The highest BCUT2D eigenvalue weighted by atomic mass is 19.1. The summed E-state index contributed by atoms with van der Waals surface area (Å²) in [5, 5.41) is 0. The second kappa shape index (κ2) is 7.58. The third-order valence-electron chi connectivity index (χ3n) is 6.21. The number of halogens is 1. The highest BCUT2D eigenvalue weighted by Gasteiger charge is 2.44. The fraction of sp³-hybridized carbons (Fsp3) is 0.619. The zero-order valence-electron chi connectivity index (χ0n) is 15.9. The lowest BCUT2D eigenvalue weighted by Gasteiger charge is -2.29. The summed E-state index contributed by atoms with van der Waals surface area (Å²) in [6.07, 6.45) is 3.86. The van der Waals surface area contributed by atoms with E-state index < -0.39 is 5.92 Å². The Morgan fingerprint density at radius 3 is 2.74 bits per heavy atom. The number of nitrogens with zero attached hydrogens (tertiary/aromatic N) is 3. The lowest BCUT2D eigenvalue weighted by atomic mass is 9.92. The molecule has 2 unspecified atom stereocenters. The minimum absolute atomic E-state index is 0.0373. The van der Waals surface area contributed by atoms with Crippen molar-refractivity contribution in [3.8, 4) is 0 Å². The van der Waals surface area contributed by atoms with Gasteiger partial charge in [-0.05, 0) is 49.4 Å². The molecule has 3 fully saturated rings. The number of amides is 2. The zero-order valence-corrected chi connectivity index (χ0v) is 15.9. The van der Waals surface area contributed by atoms with Crippen LogP contribution in [0.1, 0.15) is 37.3 Å². The Morgan fingerprint density at radius 1 is 1.19 bits per heavy atom. The fourth-order valence-electron chi connectivity index (χ4n) is 4.51. The molecule has 0 radical (unpaired) electrons. The van der Waals surface area contributed by atoms with Crippen LogP contribution in [0, 0.1) is 17.7 Å².